The Morgan fingerprint density at radius 2 is 1.36 bits per heavy atom. The van der Waals surface area contributed by atoms with Crippen molar-refractivity contribution in [2.75, 3.05) is 0 Å². The molecule has 0 saturated carbocycles. The Labute approximate surface area is 375 Å². The van der Waals surface area contributed by atoms with Crippen LogP contribution in [0.5, 0.6) is 0 Å². The standard InChI is InChI=1S/C39H36N3O.C15H18NSi.Ir/c1-23(2)28-18-19-30(37-35(28)29-15-12-20-40-39(29)43-37)38-41-33-16-10-11-17-34(33)42(38)36-31(24(3)4)21-27(22-32(36)25(5)6)26-13-8-7-9-14-26;1-12-5-7-13(8-6-12)15-10-9-14(11-16-15)17(2,3)4;/h7-18,20-25H,1-6H3;5-7,9-11H,1-4H3;/q2*-1;. The fraction of sp³-hybridized carbons (Fsp3) is 0.241. The Hall–Kier alpha value is -5.46. The van der Waals surface area contributed by atoms with E-state index in [-0.39, 0.29) is 31.9 Å². The molecule has 0 aliphatic rings. The predicted octanol–water partition coefficient (Wildman–Crippen LogP) is 14.2. The molecule has 4 heterocycles. The van der Waals surface area contributed by atoms with Crippen molar-refractivity contribution in [3.05, 3.63) is 162 Å². The van der Waals surface area contributed by atoms with E-state index in [4.69, 9.17) is 9.40 Å². The Morgan fingerprint density at radius 1 is 0.672 bits per heavy atom. The summed E-state index contributed by atoms with van der Waals surface area (Å²) >= 11 is 0. The van der Waals surface area contributed by atoms with E-state index >= 15 is 0 Å². The van der Waals surface area contributed by atoms with Gasteiger partial charge in [-0.2, -0.15) is 0 Å². The molecule has 7 heteroatoms. The Balaban J connectivity index is 0.000000262. The van der Waals surface area contributed by atoms with Gasteiger partial charge < -0.3 is 14.0 Å². The quantitative estimate of drug-likeness (QED) is 0.112. The maximum atomic E-state index is 6.55. The summed E-state index contributed by atoms with van der Waals surface area (Å²) in [5.41, 5.74) is 15.0. The molecular formula is C54H54IrN4OSi-2. The second-order valence-electron chi connectivity index (χ2n) is 17.8. The van der Waals surface area contributed by atoms with Gasteiger partial charge in [-0.05, 0) is 81.4 Å². The normalized spacial score (nSPS) is 11.8. The van der Waals surface area contributed by atoms with E-state index in [9.17, 15) is 0 Å². The van der Waals surface area contributed by atoms with Crippen LogP contribution in [0.3, 0.4) is 0 Å². The maximum Gasteiger partial charge on any atom is 0.216 e. The summed E-state index contributed by atoms with van der Waals surface area (Å²) in [5.74, 6) is 1.70. The number of nitrogens with zero attached hydrogens (tertiary/aromatic N) is 4. The van der Waals surface area contributed by atoms with Crippen LogP contribution in [0.2, 0.25) is 19.6 Å². The number of rotatable bonds is 8. The molecule has 1 radical (unpaired) electrons. The summed E-state index contributed by atoms with van der Waals surface area (Å²) in [4.78, 5) is 14.4. The van der Waals surface area contributed by atoms with E-state index in [1.165, 1.54) is 44.3 Å². The van der Waals surface area contributed by atoms with Crippen molar-refractivity contribution >= 4 is 46.4 Å². The van der Waals surface area contributed by atoms with Crippen molar-refractivity contribution in [1.29, 1.82) is 0 Å². The summed E-state index contributed by atoms with van der Waals surface area (Å²) in [5, 5.41) is 3.52. The molecule has 0 aliphatic heterocycles. The molecule has 5 aromatic carbocycles. The van der Waals surface area contributed by atoms with Crippen LogP contribution in [0.25, 0.3) is 72.6 Å². The number of para-hydroxylation sites is 2. The minimum absolute atomic E-state index is 0. The number of fused-ring (bicyclic) bond motifs is 4. The third kappa shape index (κ3) is 8.70. The monoisotopic (exact) mass is 995 g/mol. The number of imidazole rings is 1. The van der Waals surface area contributed by atoms with Gasteiger partial charge in [0, 0.05) is 43.6 Å². The van der Waals surface area contributed by atoms with Crippen LogP contribution in [0.15, 0.2) is 132 Å². The molecule has 0 spiro atoms. The van der Waals surface area contributed by atoms with Crippen molar-refractivity contribution in [2.24, 2.45) is 0 Å². The third-order valence-electron chi connectivity index (χ3n) is 11.4. The fourth-order valence-electron chi connectivity index (χ4n) is 8.00. The van der Waals surface area contributed by atoms with Gasteiger partial charge in [-0.3, -0.25) is 4.98 Å². The van der Waals surface area contributed by atoms with Crippen molar-refractivity contribution in [3.8, 4) is 39.5 Å². The zero-order valence-corrected chi connectivity index (χ0v) is 40.3. The molecule has 9 rings (SSSR count). The number of benzene rings is 5. The van der Waals surface area contributed by atoms with Gasteiger partial charge in [0.1, 0.15) is 0 Å². The summed E-state index contributed by atoms with van der Waals surface area (Å²) < 4.78 is 8.91. The molecule has 0 atom stereocenters. The van der Waals surface area contributed by atoms with E-state index in [1.54, 1.807) is 6.20 Å². The third-order valence-corrected chi connectivity index (χ3v) is 13.4. The number of furan rings is 1. The van der Waals surface area contributed by atoms with Crippen LogP contribution in [0.4, 0.5) is 0 Å². The minimum atomic E-state index is -1.24. The van der Waals surface area contributed by atoms with Gasteiger partial charge in [-0.1, -0.05) is 140 Å². The molecule has 0 unspecified atom stereocenters. The Kier molecular flexibility index (Phi) is 12.8. The molecule has 9 aromatic rings. The van der Waals surface area contributed by atoms with Gasteiger partial charge in [0.2, 0.25) is 5.71 Å². The number of hydrogen-bond donors (Lipinski definition) is 0. The first-order valence-corrected chi connectivity index (χ1v) is 24.7. The average Bonchev–Trinajstić information content (AvgIpc) is 3.83. The first kappa shape index (κ1) is 43.6. The molecule has 0 N–H and O–H groups in total. The average molecular weight is 995 g/mol. The predicted molar refractivity (Wildman–Crippen MR) is 254 cm³/mol. The molecule has 0 bridgehead atoms. The molecule has 4 aromatic heterocycles. The largest absolute Gasteiger partial charge is 0.486 e. The number of pyridine rings is 2. The van der Waals surface area contributed by atoms with Gasteiger partial charge in [-0.15, -0.1) is 53.1 Å². The van der Waals surface area contributed by atoms with Crippen molar-refractivity contribution in [1.82, 2.24) is 19.5 Å². The van der Waals surface area contributed by atoms with Crippen molar-refractivity contribution in [3.63, 3.8) is 0 Å². The van der Waals surface area contributed by atoms with Gasteiger partial charge >= 0.3 is 0 Å². The maximum absolute atomic E-state index is 6.55. The first-order valence-electron chi connectivity index (χ1n) is 21.2. The second-order valence-corrected chi connectivity index (χ2v) is 22.9. The molecular weight excluding hydrogens is 941 g/mol. The van der Waals surface area contributed by atoms with Crippen LogP contribution in [-0.2, 0) is 20.1 Å². The second kappa shape index (κ2) is 17.9. The van der Waals surface area contributed by atoms with Gasteiger partial charge in [0.15, 0.2) is 0 Å². The van der Waals surface area contributed by atoms with E-state index < -0.39 is 8.07 Å². The van der Waals surface area contributed by atoms with Crippen LogP contribution >= 0.6 is 0 Å². The van der Waals surface area contributed by atoms with Gasteiger partial charge in [0.25, 0.3) is 0 Å². The minimum Gasteiger partial charge on any atom is -0.486 e. The first-order chi connectivity index (χ1) is 28.8. The van der Waals surface area contributed by atoms with E-state index in [2.05, 4.69) is 198 Å². The van der Waals surface area contributed by atoms with Crippen LogP contribution in [0.1, 0.15) is 81.5 Å². The van der Waals surface area contributed by atoms with Gasteiger partial charge in [-0.25, -0.2) is 4.98 Å². The fourth-order valence-corrected chi connectivity index (χ4v) is 9.03. The van der Waals surface area contributed by atoms with Crippen molar-refractivity contribution < 1.29 is 24.5 Å². The number of aryl methyl sites for hydroxylation is 1. The van der Waals surface area contributed by atoms with Gasteiger partial charge in [0.05, 0.1) is 30.5 Å². The molecule has 61 heavy (non-hydrogen) atoms. The molecule has 5 nitrogen and oxygen atoms in total. The number of hydrogen-bond acceptors (Lipinski definition) is 4. The van der Waals surface area contributed by atoms with Crippen LogP contribution in [-0.4, -0.2) is 27.6 Å². The van der Waals surface area contributed by atoms with Crippen molar-refractivity contribution in [2.45, 2.75) is 85.9 Å². The Morgan fingerprint density at radius 3 is 1.98 bits per heavy atom. The summed E-state index contributed by atoms with van der Waals surface area (Å²) in [7, 11) is -1.24. The summed E-state index contributed by atoms with van der Waals surface area (Å²) in [6.45, 7) is 22.6. The SMILES string of the molecule is CC(C)c1cc(-c2ccccc2)cc(C(C)C)c1-n1c(-c2[c-]cc(C(C)C)c3c2oc2ncccc23)nc2ccccc21.Cc1c[c-]c(-c2ccc([Si](C)(C)C)cn2)cc1.[Ir]. The zero-order chi connectivity index (χ0) is 42.3. The van der Waals surface area contributed by atoms with E-state index in [0.717, 1.165) is 50.0 Å². The Bertz CT molecular complexity index is 2910. The number of aromatic nitrogens is 4. The molecule has 0 amide bonds. The van der Waals surface area contributed by atoms with E-state index in [0.29, 0.717) is 11.6 Å². The molecule has 0 aliphatic carbocycles. The van der Waals surface area contributed by atoms with Crippen LogP contribution < -0.4 is 5.19 Å². The smallest absolute Gasteiger partial charge is 0.216 e. The molecule has 0 fully saturated rings. The molecule has 311 valence electrons. The molecule has 0 saturated heterocycles. The zero-order valence-electron chi connectivity index (χ0n) is 36.9. The van der Waals surface area contributed by atoms with Crippen LogP contribution in [0, 0.1) is 19.1 Å². The summed E-state index contributed by atoms with van der Waals surface area (Å²) in [6, 6.07) is 47.4. The summed E-state index contributed by atoms with van der Waals surface area (Å²) in [6.07, 6.45) is 3.81. The topological polar surface area (TPSA) is 56.7 Å². The van der Waals surface area contributed by atoms with E-state index in [1.807, 2.05) is 18.3 Å².